The highest BCUT2D eigenvalue weighted by Crippen LogP contribution is 2.44. The van der Waals surface area contributed by atoms with Gasteiger partial charge in [0.15, 0.2) is 0 Å². The van der Waals surface area contributed by atoms with Crippen LogP contribution >= 0.6 is 0 Å². The molecule has 34 heavy (non-hydrogen) atoms. The minimum atomic E-state index is -0.900. The minimum absolute atomic E-state index is 0.00424. The van der Waals surface area contributed by atoms with Gasteiger partial charge in [0, 0.05) is 24.4 Å². The first-order valence-electron chi connectivity index (χ1n) is 11.6. The lowest BCUT2D eigenvalue weighted by atomic mass is 9.87. The van der Waals surface area contributed by atoms with Crippen molar-refractivity contribution in [3.05, 3.63) is 59.7 Å². The third kappa shape index (κ3) is 5.76. The fourth-order valence-corrected chi connectivity index (χ4v) is 4.07. The van der Waals surface area contributed by atoms with Crippen LogP contribution in [0.15, 0.2) is 48.5 Å². The molecule has 3 rings (SSSR count). The van der Waals surface area contributed by atoms with Gasteiger partial charge in [-0.15, -0.1) is 0 Å². The number of rotatable bonds is 10. The van der Waals surface area contributed by atoms with E-state index in [0.717, 1.165) is 11.1 Å². The third-order valence-corrected chi connectivity index (χ3v) is 6.59. The molecule has 0 saturated heterocycles. The number of alkyl carbamates (subject to hydrolysis) is 1. The van der Waals surface area contributed by atoms with Crippen LogP contribution in [0.5, 0.6) is 0 Å². The van der Waals surface area contributed by atoms with E-state index in [4.69, 9.17) is 4.74 Å². The summed E-state index contributed by atoms with van der Waals surface area (Å²) in [7, 11) is 0. The summed E-state index contributed by atoms with van der Waals surface area (Å²) in [6.45, 7) is 7.66. The van der Waals surface area contributed by atoms with Gasteiger partial charge in [0.1, 0.15) is 6.61 Å². The lowest BCUT2D eigenvalue weighted by Gasteiger charge is -2.25. The molecule has 1 aliphatic rings. The highest BCUT2D eigenvalue weighted by atomic mass is 16.5. The molecule has 0 unspecified atom stereocenters. The zero-order valence-electron chi connectivity index (χ0n) is 20.3. The number of carbonyl (C=O) groups excluding carboxylic acids is 2. The van der Waals surface area contributed by atoms with Gasteiger partial charge < -0.3 is 20.5 Å². The summed E-state index contributed by atoms with van der Waals surface area (Å²) in [5.74, 6) is -1.08. The minimum Gasteiger partial charge on any atom is -0.481 e. The Morgan fingerprint density at radius 2 is 1.32 bits per heavy atom. The molecule has 1 aliphatic carbocycles. The molecule has 0 fully saturated rings. The number of carbonyl (C=O) groups is 3. The first-order valence-corrected chi connectivity index (χ1v) is 11.6. The van der Waals surface area contributed by atoms with Gasteiger partial charge in [-0.1, -0.05) is 62.4 Å². The van der Waals surface area contributed by atoms with E-state index in [1.165, 1.54) is 11.1 Å². The lowest BCUT2D eigenvalue weighted by molar-refractivity contribution is -0.147. The molecule has 2 aromatic carbocycles. The molecule has 0 aromatic heterocycles. The largest absolute Gasteiger partial charge is 0.481 e. The first-order chi connectivity index (χ1) is 16.0. The summed E-state index contributed by atoms with van der Waals surface area (Å²) in [4.78, 5) is 36.1. The summed E-state index contributed by atoms with van der Waals surface area (Å²) in [6, 6.07) is 16.3. The van der Waals surface area contributed by atoms with Crippen molar-refractivity contribution >= 4 is 18.0 Å². The first kappa shape index (κ1) is 25.3. The van der Waals surface area contributed by atoms with Gasteiger partial charge in [-0.3, -0.25) is 9.59 Å². The van der Waals surface area contributed by atoms with Crippen LogP contribution in [0.3, 0.4) is 0 Å². The predicted octanol–water partition coefficient (Wildman–Crippen LogP) is 4.56. The fourth-order valence-electron chi connectivity index (χ4n) is 4.07. The zero-order chi connectivity index (χ0) is 24.9. The number of hydrogen-bond acceptors (Lipinski definition) is 4. The van der Waals surface area contributed by atoms with E-state index in [0.29, 0.717) is 12.8 Å². The Morgan fingerprint density at radius 1 is 0.824 bits per heavy atom. The molecular weight excluding hydrogens is 432 g/mol. The number of ether oxygens (including phenoxy) is 1. The molecule has 2 amide bonds. The monoisotopic (exact) mass is 466 g/mol. The van der Waals surface area contributed by atoms with Crippen LogP contribution < -0.4 is 10.6 Å². The molecule has 7 heteroatoms. The van der Waals surface area contributed by atoms with Crippen molar-refractivity contribution in [2.75, 3.05) is 19.7 Å². The molecule has 0 saturated carbocycles. The molecule has 0 bridgehead atoms. The van der Waals surface area contributed by atoms with E-state index in [1.54, 1.807) is 27.7 Å². The van der Waals surface area contributed by atoms with E-state index in [2.05, 4.69) is 34.9 Å². The van der Waals surface area contributed by atoms with Crippen molar-refractivity contribution in [1.82, 2.24) is 10.6 Å². The van der Waals surface area contributed by atoms with Gasteiger partial charge in [0.25, 0.3) is 0 Å². The lowest BCUT2D eigenvalue weighted by Crippen LogP contribution is -2.41. The van der Waals surface area contributed by atoms with E-state index in [-0.39, 0.29) is 31.5 Å². The summed E-state index contributed by atoms with van der Waals surface area (Å²) in [5, 5.41) is 14.7. The number of aliphatic carboxylic acids is 1. The normalized spacial score (nSPS) is 13.1. The van der Waals surface area contributed by atoms with E-state index >= 15 is 0 Å². The number of nitrogens with one attached hydrogen (secondary N) is 2. The molecule has 0 aliphatic heterocycles. The van der Waals surface area contributed by atoms with Gasteiger partial charge >= 0.3 is 12.1 Å². The summed E-state index contributed by atoms with van der Waals surface area (Å²) in [6.07, 6.45) is 0.245. The molecule has 7 nitrogen and oxygen atoms in total. The Morgan fingerprint density at radius 3 is 1.88 bits per heavy atom. The quantitative estimate of drug-likeness (QED) is 0.476. The van der Waals surface area contributed by atoms with Gasteiger partial charge in [-0.05, 0) is 48.9 Å². The number of benzene rings is 2. The summed E-state index contributed by atoms with van der Waals surface area (Å²) >= 11 is 0. The maximum absolute atomic E-state index is 12.5. The highest BCUT2D eigenvalue weighted by Gasteiger charge is 2.31. The fraction of sp³-hybridized carbons (Fsp3) is 0.444. The van der Waals surface area contributed by atoms with Crippen LogP contribution in [0.25, 0.3) is 11.1 Å². The van der Waals surface area contributed by atoms with Crippen molar-refractivity contribution in [2.24, 2.45) is 10.8 Å². The zero-order valence-corrected chi connectivity index (χ0v) is 20.3. The number of fused-ring (bicyclic) bond motifs is 3. The third-order valence-electron chi connectivity index (χ3n) is 6.59. The van der Waals surface area contributed by atoms with Crippen LogP contribution in [0.2, 0.25) is 0 Å². The summed E-state index contributed by atoms with van der Waals surface area (Å²) in [5.41, 5.74) is 3.03. The molecule has 3 N–H and O–H groups in total. The van der Waals surface area contributed by atoms with Crippen LogP contribution in [0, 0.1) is 10.8 Å². The molecule has 2 aromatic rings. The molecule has 182 valence electrons. The molecule has 0 atom stereocenters. The van der Waals surface area contributed by atoms with Gasteiger partial charge in [0.05, 0.1) is 5.41 Å². The van der Waals surface area contributed by atoms with E-state index in [9.17, 15) is 19.5 Å². The average Bonchev–Trinajstić information content (AvgIpc) is 3.11. The van der Waals surface area contributed by atoms with Crippen LogP contribution in [0.4, 0.5) is 4.79 Å². The van der Waals surface area contributed by atoms with Crippen LogP contribution in [-0.4, -0.2) is 42.8 Å². The summed E-state index contributed by atoms with van der Waals surface area (Å²) < 4.78 is 5.53. The van der Waals surface area contributed by atoms with Crippen molar-refractivity contribution in [3.63, 3.8) is 0 Å². The Bertz CT molecular complexity index is 1010. The maximum atomic E-state index is 12.5. The number of hydrogen-bond donors (Lipinski definition) is 3. The number of carboxylic acid groups (broad SMARTS) is 1. The Balaban J connectivity index is 1.45. The molecule has 0 spiro atoms. The van der Waals surface area contributed by atoms with Gasteiger partial charge in [-0.25, -0.2) is 4.79 Å². The predicted molar refractivity (Wildman–Crippen MR) is 131 cm³/mol. The maximum Gasteiger partial charge on any atom is 0.407 e. The van der Waals surface area contributed by atoms with Crippen LogP contribution in [-0.2, 0) is 14.3 Å². The molecule has 0 radical (unpaired) electrons. The van der Waals surface area contributed by atoms with Crippen molar-refractivity contribution in [1.29, 1.82) is 0 Å². The van der Waals surface area contributed by atoms with Crippen LogP contribution in [0.1, 0.15) is 57.6 Å². The van der Waals surface area contributed by atoms with Crippen molar-refractivity contribution in [3.8, 4) is 11.1 Å². The van der Waals surface area contributed by atoms with E-state index in [1.807, 2.05) is 24.3 Å². The number of carboxylic acids is 1. The average molecular weight is 467 g/mol. The Labute approximate surface area is 200 Å². The molecular formula is C27H34N2O5. The second kappa shape index (κ2) is 10.3. The number of amides is 2. The molecule has 0 heterocycles. The second-order valence-corrected chi connectivity index (χ2v) is 10.1. The Hall–Kier alpha value is -3.35. The standard InChI is InChI=1S/C27H34N2O5/c1-26(2,23(30)28-15-14-27(3,4)24(31)32)13-16-29-25(33)34-17-22-20-11-7-5-9-18(20)19-10-6-8-12-21(19)22/h5-12,22H,13-17H2,1-4H3,(H,28,30)(H,29,33)(H,31,32). The van der Waals surface area contributed by atoms with Crippen molar-refractivity contribution < 1.29 is 24.2 Å². The smallest absolute Gasteiger partial charge is 0.407 e. The van der Waals surface area contributed by atoms with Gasteiger partial charge in [-0.2, -0.15) is 0 Å². The highest BCUT2D eigenvalue weighted by molar-refractivity contribution is 5.82. The van der Waals surface area contributed by atoms with Gasteiger partial charge in [0.2, 0.25) is 5.91 Å². The van der Waals surface area contributed by atoms with Crippen molar-refractivity contribution in [2.45, 2.75) is 46.5 Å². The Kier molecular flexibility index (Phi) is 7.64. The van der Waals surface area contributed by atoms with E-state index < -0.39 is 22.9 Å². The SMILES string of the molecule is CC(C)(CCNC(=O)C(C)(C)CCNC(=O)OCC1c2ccccc2-c2ccccc21)C(=O)O. The second-order valence-electron chi connectivity index (χ2n) is 10.1. The topological polar surface area (TPSA) is 105 Å².